The molecule has 2 aromatic rings. The first-order valence-corrected chi connectivity index (χ1v) is 5.97. The van der Waals surface area contributed by atoms with Gasteiger partial charge in [0.1, 0.15) is 5.82 Å². The van der Waals surface area contributed by atoms with Crippen molar-refractivity contribution >= 4 is 22.6 Å². The highest BCUT2D eigenvalue weighted by molar-refractivity contribution is 6.31. The van der Waals surface area contributed by atoms with Crippen LogP contribution in [-0.4, -0.2) is 9.55 Å². The molecule has 0 spiro atoms. The van der Waals surface area contributed by atoms with Crippen LogP contribution in [-0.2, 0) is 0 Å². The molecule has 0 amide bonds. The van der Waals surface area contributed by atoms with Gasteiger partial charge in [-0.15, -0.1) is 0 Å². The number of aromatic nitrogens is 2. The molecule has 0 aliphatic heterocycles. The molecule has 1 heterocycles. The van der Waals surface area contributed by atoms with Crippen molar-refractivity contribution in [2.24, 2.45) is 5.73 Å². The fraction of sp³-hybridized carbons (Fsp3) is 0.417. The number of rotatable bonds is 2. The van der Waals surface area contributed by atoms with Gasteiger partial charge in [0.05, 0.1) is 17.1 Å². The lowest BCUT2D eigenvalue weighted by atomic mass is 10.3. The van der Waals surface area contributed by atoms with Gasteiger partial charge in [0, 0.05) is 11.1 Å². The molecule has 1 aromatic heterocycles. The molecule has 1 atom stereocenters. The van der Waals surface area contributed by atoms with Crippen molar-refractivity contribution in [2.45, 2.75) is 31.8 Å². The predicted octanol–water partition coefficient (Wildman–Crippen LogP) is 3.04. The summed E-state index contributed by atoms with van der Waals surface area (Å²) >= 11 is 6.03. The number of nitrogens with zero attached hydrogens (tertiary/aromatic N) is 2. The van der Waals surface area contributed by atoms with Gasteiger partial charge in [-0.2, -0.15) is 0 Å². The summed E-state index contributed by atoms with van der Waals surface area (Å²) in [5.74, 6) is 0.972. The average Bonchev–Trinajstić information content (AvgIpc) is 2.99. The van der Waals surface area contributed by atoms with Crippen LogP contribution in [0.2, 0.25) is 5.02 Å². The van der Waals surface area contributed by atoms with Gasteiger partial charge in [0.25, 0.3) is 0 Å². The summed E-state index contributed by atoms with van der Waals surface area (Å²) < 4.78 is 2.26. The maximum Gasteiger partial charge on any atom is 0.126 e. The number of imidazole rings is 1. The van der Waals surface area contributed by atoms with Gasteiger partial charge in [0.2, 0.25) is 0 Å². The second-order valence-corrected chi connectivity index (χ2v) is 4.93. The molecule has 3 rings (SSSR count). The van der Waals surface area contributed by atoms with Crippen molar-refractivity contribution in [2.75, 3.05) is 0 Å². The zero-order chi connectivity index (χ0) is 11.3. The minimum Gasteiger partial charge on any atom is -0.324 e. The zero-order valence-electron chi connectivity index (χ0n) is 9.15. The molecular weight excluding hydrogens is 222 g/mol. The monoisotopic (exact) mass is 235 g/mol. The van der Waals surface area contributed by atoms with Gasteiger partial charge in [-0.1, -0.05) is 11.6 Å². The summed E-state index contributed by atoms with van der Waals surface area (Å²) in [6.07, 6.45) is 2.44. The molecule has 0 saturated heterocycles. The molecule has 2 N–H and O–H groups in total. The van der Waals surface area contributed by atoms with E-state index in [0.717, 1.165) is 21.9 Å². The Hall–Kier alpha value is -1.06. The van der Waals surface area contributed by atoms with Crippen LogP contribution in [0.5, 0.6) is 0 Å². The van der Waals surface area contributed by atoms with Crippen molar-refractivity contribution in [3.63, 3.8) is 0 Å². The van der Waals surface area contributed by atoms with Crippen LogP contribution < -0.4 is 5.73 Å². The van der Waals surface area contributed by atoms with Gasteiger partial charge >= 0.3 is 0 Å². The Morgan fingerprint density at radius 1 is 1.50 bits per heavy atom. The number of halogens is 1. The predicted molar refractivity (Wildman–Crippen MR) is 65.6 cm³/mol. The molecule has 1 aliphatic rings. The minimum absolute atomic E-state index is 0.0354. The van der Waals surface area contributed by atoms with Crippen LogP contribution in [0.3, 0.4) is 0 Å². The third-order valence-electron chi connectivity index (χ3n) is 3.00. The highest BCUT2D eigenvalue weighted by Crippen LogP contribution is 2.40. The van der Waals surface area contributed by atoms with Crippen molar-refractivity contribution in [1.29, 1.82) is 0 Å². The Morgan fingerprint density at radius 3 is 2.88 bits per heavy atom. The Kier molecular flexibility index (Phi) is 2.19. The number of fused-ring (bicyclic) bond motifs is 1. The molecule has 0 unspecified atom stereocenters. The lowest BCUT2D eigenvalue weighted by Crippen LogP contribution is -2.12. The molecule has 1 aromatic carbocycles. The van der Waals surface area contributed by atoms with E-state index >= 15 is 0 Å². The largest absolute Gasteiger partial charge is 0.324 e. The van der Waals surface area contributed by atoms with E-state index in [4.69, 9.17) is 17.3 Å². The zero-order valence-corrected chi connectivity index (χ0v) is 9.91. The van der Waals surface area contributed by atoms with E-state index in [0.29, 0.717) is 6.04 Å². The van der Waals surface area contributed by atoms with Gasteiger partial charge in [0.15, 0.2) is 0 Å². The van der Waals surface area contributed by atoms with Gasteiger partial charge in [-0.05, 0) is 38.0 Å². The normalized spacial score (nSPS) is 17.9. The van der Waals surface area contributed by atoms with E-state index in [2.05, 4.69) is 9.55 Å². The van der Waals surface area contributed by atoms with Crippen molar-refractivity contribution < 1.29 is 0 Å². The van der Waals surface area contributed by atoms with E-state index in [9.17, 15) is 0 Å². The number of benzene rings is 1. The fourth-order valence-corrected chi connectivity index (χ4v) is 2.29. The summed E-state index contributed by atoms with van der Waals surface area (Å²) in [6.45, 7) is 1.97. The highest BCUT2D eigenvalue weighted by atomic mass is 35.5. The van der Waals surface area contributed by atoms with Gasteiger partial charge in [-0.25, -0.2) is 4.98 Å². The van der Waals surface area contributed by atoms with Crippen LogP contribution in [0.4, 0.5) is 0 Å². The van der Waals surface area contributed by atoms with Crippen LogP contribution in [0.15, 0.2) is 18.2 Å². The van der Waals surface area contributed by atoms with E-state index < -0.39 is 0 Å². The maximum atomic E-state index is 6.03. The van der Waals surface area contributed by atoms with Crippen LogP contribution >= 0.6 is 11.6 Å². The summed E-state index contributed by atoms with van der Waals surface area (Å²) in [5.41, 5.74) is 8.07. The summed E-state index contributed by atoms with van der Waals surface area (Å²) in [4.78, 5) is 4.59. The third kappa shape index (κ3) is 1.51. The van der Waals surface area contributed by atoms with Gasteiger partial charge < -0.3 is 10.3 Å². The number of hydrogen-bond donors (Lipinski definition) is 1. The van der Waals surface area contributed by atoms with Crippen LogP contribution in [0, 0.1) is 0 Å². The van der Waals surface area contributed by atoms with Crippen molar-refractivity contribution in [1.82, 2.24) is 9.55 Å². The lowest BCUT2D eigenvalue weighted by molar-refractivity contribution is 0.639. The second kappa shape index (κ2) is 3.47. The first kappa shape index (κ1) is 10.1. The minimum atomic E-state index is -0.0354. The molecule has 3 nitrogen and oxygen atoms in total. The van der Waals surface area contributed by atoms with E-state index in [1.165, 1.54) is 12.8 Å². The average molecular weight is 236 g/mol. The van der Waals surface area contributed by atoms with Crippen molar-refractivity contribution in [3.8, 4) is 0 Å². The van der Waals surface area contributed by atoms with Crippen LogP contribution in [0.1, 0.15) is 37.7 Å². The Bertz CT molecular complexity index is 540. The van der Waals surface area contributed by atoms with Crippen LogP contribution in [0.25, 0.3) is 11.0 Å². The second-order valence-electron chi connectivity index (χ2n) is 4.49. The summed E-state index contributed by atoms with van der Waals surface area (Å²) in [7, 11) is 0. The molecule has 16 heavy (non-hydrogen) atoms. The topological polar surface area (TPSA) is 43.8 Å². The molecule has 0 bridgehead atoms. The molecule has 0 radical (unpaired) electrons. The van der Waals surface area contributed by atoms with Crippen molar-refractivity contribution in [3.05, 3.63) is 29.0 Å². The molecule has 84 valence electrons. The molecule has 1 saturated carbocycles. The molecule has 1 aliphatic carbocycles. The van der Waals surface area contributed by atoms with Gasteiger partial charge in [-0.3, -0.25) is 0 Å². The fourth-order valence-electron chi connectivity index (χ4n) is 2.12. The first-order chi connectivity index (χ1) is 7.66. The number of nitrogens with two attached hydrogens (primary N) is 1. The molecular formula is C12H14ClN3. The van der Waals surface area contributed by atoms with E-state index in [-0.39, 0.29) is 6.04 Å². The molecule has 4 heteroatoms. The Labute approximate surface area is 99.2 Å². The quantitative estimate of drug-likeness (QED) is 0.870. The highest BCUT2D eigenvalue weighted by Gasteiger charge is 2.29. The molecule has 1 fully saturated rings. The standard InChI is InChI=1S/C12H14ClN3/c1-7(14)12-15-10-5-2-8(13)6-11(10)16(12)9-3-4-9/h2,5-7,9H,3-4,14H2,1H3/t7-/m0/s1. The lowest BCUT2D eigenvalue weighted by Gasteiger charge is -2.09. The van der Waals surface area contributed by atoms with E-state index in [1.807, 2.05) is 25.1 Å². The SMILES string of the molecule is C[C@H](N)c1nc2ccc(Cl)cc2n1C1CC1. The summed E-state index contributed by atoms with van der Waals surface area (Å²) in [6, 6.07) is 6.35. The smallest absolute Gasteiger partial charge is 0.126 e. The maximum absolute atomic E-state index is 6.03. The first-order valence-electron chi connectivity index (χ1n) is 5.60. The third-order valence-corrected chi connectivity index (χ3v) is 3.23. The summed E-state index contributed by atoms with van der Waals surface area (Å²) in [5, 5.41) is 0.755. The van der Waals surface area contributed by atoms with E-state index in [1.54, 1.807) is 0 Å². The number of hydrogen-bond acceptors (Lipinski definition) is 2. The Balaban J connectivity index is 2.29. The Morgan fingerprint density at radius 2 is 2.25 bits per heavy atom.